The molecule has 12 heteroatoms. The van der Waals surface area contributed by atoms with Gasteiger partial charge in [0.2, 0.25) is 0 Å². The number of benzene rings is 2. The van der Waals surface area contributed by atoms with Gasteiger partial charge in [0, 0.05) is 59.6 Å². The van der Waals surface area contributed by atoms with Crippen LogP contribution in [0, 0.1) is 11.8 Å². The Hall–Kier alpha value is -2.22. The molecule has 0 saturated carbocycles. The molecule has 2 aromatic carbocycles. The number of hydrogen-bond donors (Lipinski definition) is 4. The summed E-state index contributed by atoms with van der Waals surface area (Å²) < 4.78 is 2.28. The molecule has 2 aliphatic heterocycles. The normalized spacial score (nSPS) is 17.2. The van der Waals surface area contributed by atoms with Gasteiger partial charge in [0.1, 0.15) is 0 Å². The largest absolute Gasteiger partial charge is 0.479 e. The van der Waals surface area contributed by atoms with Gasteiger partial charge in [-0.1, -0.05) is 59.6 Å². The summed E-state index contributed by atoms with van der Waals surface area (Å²) in [5.74, 6) is -2.21. The Morgan fingerprint density at radius 2 is 0.935 bits per heavy atom. The molecular formula is C34H52Br2N4O6. The van der Waals surface area contributed by atoms with E-state index in [1.165, 1.54) is 63.5 Å². The third-order valence-electron chi connectivity index (χ3n) is 8.59. The van der Waals surface area contributed by atoms with Crippen molar-refractivity contribution in [1.82, 2.24) is 9.80 Å². The van der Waals surface area contributed by atoms with Crippen LogP contribution in [0.4, 0.5) is 11.4 Å². The molecular weight excluding hydrogens is 720 g/mol. The molecule has 0 aliphatic carbocycles. The second-order valence-electron chi connectivity index (χ2n) is 12.7. The summed E-state index contributed by atoms with van der Waals surface area (Å²) in [6.07, 6.45) is -1.80. The van der Waals surface area contributed by atoms with Crippen LogP contribution in [0.25, 0.3) is 0 Å². The summed E-state index contributed by atoms with van der Waals surface area (Å²) in [5.41, 5.74) is 2.61. The molecule has 4 atom stereocenters. The number of rotatable bonds is 13. The zero-order valence-electron chi connectivity index (χ0n) is 27.9. The third-order valence-corrected chi connectivity index (χ3v) is 9.65. The molecule has 2 aliphatic rings. The number of hydrogen-bond acceptors (Lipinski definition) is 8. The fraction of sp³-hybridized carbons (Fsp3) is 0.588. The molecule has 10 nitrogen and oxygen atoms in total. The first-order valence-electron chi connectivity index (χ1n) is 15.9. The number of aliphatic hydroxyl groups excluding tert-OH is 2. The number of carbonyl (C=O) groups is 2. The molecule has 0 aromatic heterocycles. The van der Waals surface area contributed by atoms with Crippen molar-refractivity contribution in [3.8, 4) is 0 Å². The number of aliphatic hydroxyl groups is 2. The van der Waals surface area contributed by atoms with E-state index in [1.54, 1.807) is 0 Å². The van der Waals surface area contributed by atoms with E-state index < -0.39 is 24.1 Å². The van der Waals surface area contributed by atoms with Crippen molar-refractivity contribution in [3.05, 3.63) is 57.5 Å². The second kappa shape index (κ2) is 19.6. The molecule has 0 spiro atoms. The molecule has 0 radical (unpaired) electrons. The number of halogens is 2. The van der Waals surface area contributed by atoms with Crippen molar-refractivity contribution in [2.45, 2.75) is 64.8 Å². The number of aliphatic carboxylic acids is 2. The third kappa shape index (κ3) is 12.8. The Balaban J connectivity index is 0.000000252. The first kappa shape index (κ1) is 40.0. The van der Waals surface area contributed by atoms with Gasteiger partial charge in [-0.3, -0.25) is 0 Å². The maximum absolute atomic E-state index is 9.77. The molecule has 2 unspecified atom stereocenters. The molecule has 46 heavy (non-hydrogen) atoms. The van der Waals surface area contributed by atoms with Crippen LogP contribution in [0.3, 0.4) is 0 Å². The molecule has 2 aromatic rings. The number of nitrogens with zero attached hydrogens (tertiary/aromatic N) is 4. The molecule has 4 N–H and O–H groups in total. The average molecular weight is 773 g/mol. The topological polar surface area (TPSA) is 128 Å². The Kier molecular flexibility index (Phi) is 17.0. The van der Waals surface area contributed by atoms with Gasteiger partial charge in [0.25, 0.3) is 0 Å². The Labute approximate surface area is 291 Å². The lowest BCUT2D eigenvalue weighted by atomic mass is 10.00. The SMILES string of the molecule is CC(C)[C@@H](CN1CCC1)N(C)c1ccc(Br)cc1.CC(C)[C@@H](CN1CCC1)N(C)c1ccc(Br)cc1.O=C(O)C(O)C(O)C(=O)O. The first-order chi connectivity index (χ1) is 21.6. The first-order valence-corrected chi connectivity index (χ1v) is 17.4. The lowest BCUT2D eigenvalue weighted by Gasteiger charge is -2.40. The van der Waals surface area contributed by atoms with Crippen molar-refractivity contribution in [2.75, 3.05) is 63.2 Å². The standard InChI is InChI=1S/2C15H23BrN2.C4H6O6/c2*1-12(2)15(11-18-9-4-10-18)17(3)14-7-5-13(16)6-8-14;5-1(3(7)8)2(6)4(9)10/h2*5-8,12,15H,4,9-11H2,1-3H3;1-2,5-6H,(H,7,8)(H,9,10)/t2*15-;/m11./s1. The number of likely N-dealkylation sites (N-methyl/N-ethyl adjacent to an activating group) is 2. The van der Waals surface area contributed by atoms with E-state index in [1.807, 2.05) is 0 Å². The van der Waals surface area contributed by atoms with E-state index in [9.17, 15) is 9.59 Å². The molecule has 258 valence electrons. The van der Waals surface area contributed by atoms with Crippen LogP contribution in [0.15, 0.2) is 57.5 Å². The summed E-state index contributed by atoms with van der Waals surface area (Å²) in [5, 5.41) is 32.5. The lowest BCUT2D eigenvalue weighted by Crippen LogP contribution is -2.49. The minimum Gasteiger partial charge on any atom is -0.479 e. The van der Waals surface area contributed by atoms with E-state index in [2.05, 4.69) is 142 Å². The van der Waals surface area contributed by atoms with Gasteiger partial charge >= 0.3 is 11.9 Å². The summed E-state index contributed by atoms with van der Waals surface area (Å²) in [4.78, 5) is 29.5. The molecule has 2 saturated heterocycles. The van der Waals surface area contributed by atoms with E-state index >= 15 is 0 Å². The van der Waals surface area contributed by atoms with Gasteiger partial charge in [-0.25, -0.2) is 9.59 Å². The summed E-state index contributed by atoms with van der Waals surface area (Å²) in [7, 11) is 4.43. The van der Waals surface area contributed by atoms with Crippen LogP contribution in [0.2, 0.25) is 0 Å². The zero-order chi connectivity index (χ0) is 34.6. The number of carboxylic acid groups (broad SMARTS) is 2. The van der Waals surface area contributed by atoms with Crippen molar-refractivity contribution in [2.24, 2.45) is 11.8 Å². The number of anilines is 2. The van der Waals surface area contributed by atoms with Crippen molar-refractivity contribution >= 4 is 55.2 Å². The van der Waals surface area contributed by atoms with Gasteiger partial charge in [-0.15, -0.1) is 0 Å². The van der Waals surface area contributed by atoms with E-state index in [0.717, 1.165) is 8.95 Å². The van der Waals surface area contributed by atoms with E-state index in [-0.39, 0.29) is 0 Å². The second-order valence-corrected chi connectivity index (χ2v) is 14.5. The fourth-order valence-corrected chi connectivity index (χ4v) is 5.75. The molecule has 2 heterocycles. The van der Waals surface area contributed by atoms with Gasteiger partial charge < -0.3 is 40.0 Å². The monoisotopic (exact) mass is 770 g/mol. The highest BCUT2D eigenvalue weighted by molar-refractivity contribution is 9.10. The van der Waals surface area contributed by atoms with Crippen LogP contribution in [-0.2, 0) is 9.59 Å². The van der Waals surface area contributed by atoms with Crippen LogP contribution < -0.4 is 9.80 Å². The van der Waals surface area contributed by atoms with E-state index in [0.29, 0.717) is 23.9 Å². The number of carboxylic acids is 2. The highest BCUT2D eigenvalue weighted by Gasteiger charge is 2.29. The predicted octanol–water partition coefficient (Wildman–Crippen LogP) is 5.11. The van der Waals surface area contributed by atoms with Crippen LogP contribution in [0.5, 0.6) is 0 Å². The molecule has 0 bridgehead atoms. The predicted molar refractivity (Wildman–Crippen MR) is 192 cm³/mol. The minimum atomic E-state index is -2.27. The van der Waals surface area contributed by atoms with Crippen LogP contribution in [0.1, 0.15) is 40.5 Å². The van der Waals surface area contributed by atoms with Crippen molar-refractivity contribution in [1.29, 1.82) is 0 Å². The van der Waals surface area contributed by atoms with Crippen molar-refractivity contribution < 1.29 is 30.0 Å². The maximum atomic E-state index is 9.77. The fourth-order valence-electron chi connectivity index (χ4n) is 5.22. The average Bonchev–Trinajstić information content (AvgIpc) is 2.95. The molecule has 4 rings (SSSR count). The Morgan fingerprint density at radius 3 is 1.13 bits per heavy atom. The van der Waals surface area contributed by atoms with Gasteiger partial charge in [0.05, 0.1) is 0 Å². The minimum absolute atomic E-state index is 0.589. The van der Waals surface area contributed by atoms with Crippen LogP contribution >= 0.6 is 31.9 Å². The highest BCUT2D eigenvalue weighted by Crippen LogP contribution is 2.25. The van der Waals surface area contributed by atoms with E-state index in [4.69, 9.17) is 20.4 Å². The van der Waals surface area contributed by atoms with Crippen LogP contribution in [-0.4, -0.2) is 120 Å². The molecule has 0 amide bonds. The lowest BCUT2D eigenvalue weighted by molar-refractivity contribution is -0.165. The Bertz CT molecular complexity index is 1100. The summed E-state index contributed by atoms with van der Waals surface area (Å²) >= 11 is 6.99. The Morgan fingerprint density at radius 1 is 0.652 bits per heavy atom. The maximum Gasteiger partial charge on any atom is 0.335 e. The summed E-state index contributed by atoms with van der Waals surface area (Å²) in [6.45, 7) is 16.7. The molecule has 2 fully saturated rings. The van der Waals surface area contributed by atoms with Gasteiger partial charge in [-0.2, -0.15) is 0 Å². The van der Waals surface area contributed by atoms with Crippen molar-refractivity contribution in [3.63, 3.8) is 0 Å². The number of likely N-dealkylation sites (tertiary alicyclic amines) is 2. The highest BCUT2D eigenvalue weighted by atomic mass is 79.9. The zero-order valence-corrected chi connectivity index (χ0v) is 31.1. The van der Waals surface area contributed by atoms with Gasteiger partial charge in [0.15, 0.2) is 12.2 Å². The summed E-state index contributed by atoms with van der Waals surface area (Å²) in [6, 6.07) is 18.4. The van der Waals surface area contributed by atoms with Gasteiger partial charge in [-0.05, 0) is 99.4 Å². The quantitative estimate of drug-likeness (QED) is 0.218. The smallest absolute Gasteiger partial charge is 0.335 e.